The van der Waals surface area contributed by atoms with Crippen LogP contribution >= 0.6 is 0 Å². The topological polar surface area (TPSA) is 92.6 Å². The minimum atomic E-state index is -0.208. The molecule has 0 bridgehead atoms. The largest absolute Gasteiger partial charge is 0.351 e. The van der Waals surface area contributed by atoms with E-state index in [1.807, 2.05) is 32.2 Å². The van der Waals surface area contributed by atoms with Crippen LogP contribution in [0.2, 0.25) is 0 Å². The number of aromatic nitrogens is 2. The molecular weight excluding hydrogens is 368 g/mol. The predicted molar refractivity (Wildman–Crippen MR) is 111 cm³/mol. The number of aryl methyl sites for hydroxylation is 2. The Bertz CT molecular complexity index is 1070. The van der Waals surface area contributed by atoms with Crippen molar-refractivity contribution in [1.82, 2.24) is 14.7 Å². The summed E-state index contributed by atoms with van der Waals surface area (Å²) in [6, 6.07) is 10.6. The first-order valence-corrected chi connectivity index (χ1v) is 9.50. The van der Waals surface area contributed by atoms with Gasteiger partial charge in [0.25, 0.3) is 5.91 Å². The molecule has 0 aliphatic heterocycles. The Balaban J connectivity index is 1.50. The van der Waals surface area contributed by atoms with Gasteiger partial charge < -0.3 is 10.6 Å². The van der Waals surface area contributed by atoms with Crippen LogP contribution in [0, 0.1) is 13.8 Å². The second-order valence-electron chi connectivity index (χ2n) is 6.97. The van der Waals surface area contributed by atoms with E-state index in [1.165, 1.54) is 6.92 Å². The van der Waals surface area contributed by atoms with Crippen LogP contribution in [-0.4, -0.2) is 33.5 Å². The van der Waals surface area contributed by atoms with E-state index >= 15 is 0 Å². The molecule has 0 aliphatic rings. The van der Waals surface area contributed by atoms with Gasteiger partial charge in [0.2, 0.25) is 5.91 Å². The number of carbonyl (C=O) groups is 3. The fraction of sp³-hybridized carbons (Fsp3) is 0.273. The van der Waals surface area contributed by atoms with Crippen molar-refractivity contribution >= 4 is 28.9 Å². The lowest BCUT2D eigenvalue weighted by Crippen LogP contribution is -2.27. The highest BCUT2D eigenvalue weighted by Crippen LogP contribution is 2.15. The van der Waals surface area contributed by atoms with E-state index in [4.69, 9.17) is 0 Å². The molecule has 0 radical (unpaired) electrons. The Kier molecular flexibility index (Phi) is 6.07. The summed E-state index contributed by atoms with van der Waals surface area (Å²) in [6.07, 6.45) is 2.61. The molecule has 150 valence electrons. The maximum absolute atomic E-state index is 12.6. The van der Waals surface area contributed by atoms with Gasteiger partial charge in [0.05, 0.1) is 5.69 Å². The van der Waals surface area contributed by atoms with Crippen molar-refractivity contribution in [3.05, 3.63) is 65.1 Å². The van der Waals surface area contributed by atoms with E-state index in [1.54, 1.807) is 28.7 Å². The number of hydrogen-bond donors (Lipinski definition) is 2. The molecule has 2 heterocycles. The maximum Gasteiger partial charge on any atom is 0.270 e. The van der Waals surface area contributed by atoms with Gasteiger partial charge in [-0.15, -0.1) is 0 Å². The summed E-state index contributed by atoms with van der Waals surface area (Å²) >= 11 is 0. The third kappa shape index (κ3) is 4.68. The van der Waals surface area contributed by atoms with Gasteiger partial charge >= 0.3 is 0 Å². The molecule has 3 rings (SSSR count). The first kappa shape index (κ1) is 20.3. The van der Waals surface area contributed by atoms with Crippen LogP contribution in [0.15, 0.2) is 42.6 Å². The Hall–Kier alpha value is -3.48. The van der Waals surface area contributed by atoms with Gasteiger partial charge in [-0.1, -0.05) is 6.07 Å². The number of benzene rings is 1. The average Bonchev–Trinajstić information content (AvgIpc) is 3.03. The van der Waals surface area contributed by atoms with E-state index < -0.39 is 0 Å². The van der Waals surface area contributed by atoms with Crippen LogP contribution < -0.4 is 10.6 Å². The molecule has 2 aromatic heterocycles. The second-order valence-corrected chi connectivity index (χ2v) is 6.97. The summed E-state index contributed by atoms with van der Waals surface area (Å²) in [5, 5.41) is 5.65. The molecule has 0 saturated heterocycles. The molecule has 0 saturated carbocycles. The smallest absolute Gasteiger partial charge is 0.270 e. The van der Waals surface area contributed by atoms with Gasteiger partial charge in [0, 0.05) is 30.4 Å². The highest BCUT2D eigenvalue weighted by molar-refractivity contribution is 5.96. The minimum absolute atomic E-state index is 0.0185. The molecule has 7 heteroatoms. The van der Waals surface area contributed by atoms with Gasteiger partial charge in [0.1, 0.15) is 11.3 Å². The van der Waals surface area contributed by atoms with E-state index in [0.29, 0.717) is 35.6 Å². The van der Waals surface area contributed by atoms with Crippen molar-refractivity contribution < 1.29 is 14.4 Å². The molecule has 7 nitrogen and oxygen atoms in total. The SMILES string of the molecule is CC(=O)c1ccc(NC(=O)CCCNC(=O)c2c(C)nc3c(C)cccn23)cc1. The number of pyridine rings is 1. The molecule has 3 aromatic rings. The number of Topliss-reactive ketones (excluding diaryl/α,β-unsaturated/α-hetero) is 1. The molecule has 0 aliphatic carbocycles. The third-order valence-electron chi connectivity index (χ3n) is 4.68. The van der Waals surface area contributed by atoms with E-state index in [2.05, 4.69) is 15.6 Å². The molecule has 2 N–H and O–H groups in total. The fourth-order valence-electron chi connectivity index (χ4n) is 3.14. The van der Waals surface area contributed by atoms with Crippen molar-refractivity contribution in [2.24, 2.45) is 0 Å². The second kappa shape index (κ2) is 8.68. The van der Waals surface area contributed by atoms with Crippen molar-refractivity contribution in [2.75, 3.05) is 11.9 Å². The lowest BCUT2D eigenvalue weighted by atomic mass is 10.1. The lowest BCUT2D eigenvalue weighted by Gasteiger charge is -2.08. The summed E-state index contributed by atoms with van der Waals surface area (Å²) in [6.45, 7) is 5.65. The number of amides is 2. The van der Waals surface area contributed by atoms with Crippen LogP contribution in [0.4, 0.5) is 5.69 Å². The summed E-state index contributed by atoms with van der Waals surface area (Å²) in [5.74, 6) is -0.368. The zero-order valence-electron chi connectivity index (χ0n) is 16.8. The third-order valence-corrected chi connectivity index (χ3v) is 4.68. The van der Waals surface area contributed by atoms with Crippen LogP contribution in [-0.2, 0) is 4.79 Å². The van der Waals surface area contributed by atoms with Crippen LogP contribution in [0.25, 0.3) is 5.65 Å². The van der Waals surface area contributed by atoms with Crippen LogP contribution in [0.3, 0.4) is 0 Å². The van der Waals surface area contributed by atoms with Gasteiger partial charge in [-0.25, -0.2) is 4.98 Å². The van der Waals surface area contributed by atoms with Crippen molar-refractivity contribution in [1.29, 1.82) is 0 Å². The molecule has 0 fully saturated rings. The Morgan fingerprint density at radius 3 is 2.48 bits per heavy atom. The number of ketones is 1. The first-order valence-electron chi connectivity index (χ1n) is 9.50. The zero-order chi connectivity index (χ0) is 21.0. The molecule has 0 atom stereocenters. The van der Waals surface area contributed by atoms with E-state index in [9.17, 15) is 14.4 Å². The fourth-order valence-corrected chi connectivity index (χ4v) is 3.14. The number of rotatable bonds is 7. The first-order chi connectivity index (χ1) is 13.9. The number of nitrogens with one attached hydrogen (secondary N) is 2. The minimum Gasteiger partial charge on any atom is -0.351 e. The predicted octanol–water partition coefficient (Wildman–Crippen LogP) is 3.30. The average molecular weight is 392 g/mol. The van der Waals surface area contributed by atoms with Gasteiger partial charge in [-0.3, -0.25) is 18.8 Å². The molecule has 0 spiro atoms. The quantitative estimate of drug-likeness (QED) is 0.477. The van der Waals surface area contributed by atoms with E-state index in [0.717, 1.165) is 11.2 Å². The molecule has 29 heavy (non-hydrogen) atoms. The van der Waals surface area contributed by atoms with Crippen molar-refractivity contribution in [3.63, 3.8) is 0 Å². The molecule has 0 unspecified atom stereocenters. The number of carbonyl (C=O) groups excluding carboxylic acids is 3. The number of nitrogens with zero attached hydrogens (tertiary/aromatic N) is 2. The Morgan fingerprint density at radius 2 is 1.79 bits per heavy atom. The van der Waals surface area contributed by atoms with Gasteiger partial charge in [-0.2, -0.15) is 0 Å². The highest BCUT2D eigenvalue weighted by Gasteiger charge is 2.17. The summed E-state index contributed by atoms with van der Waals surface area (Å²) in [4.78, 5) is 40.4. The molecule has 1 aromatic carbocycles. The Morgan fingerprint density at radius 1 is 1.07 bits per heavy atom. The van der Waals surface area contributed by atoms with Crippen molar-refractivity contribution in [3.8, 4) is 0 Å². The summed E-state index contributed by atoms with van der Waals surface area (Å²) in [7, 11) is 0. The number of hydrogen-bond acceptors (Lipinski definition) is 4. The monoisotopic (exact) mass is 392 g/mol. The lowest BCUT2D eigenvalue weighted by molar-refractivity contribution is -0.116. The van der Waals surface area contributed by atoms with Gasteiger partial charge in [-0.05, 0) is 63.1 Å². The number of anilines is 1. The highest BCUT2D eigenvalue weighted by atomic mass is 16.2. The standard InChI is InChI=1S/C22H24N4O3/c1-14-6-5-13-26-20(15(2)24-21(14)26)22(29)23-12-4-7-19(28)25-18-10-8-17(9-11-18)16(3)27/h5-6,8-11,13H,4,7,12H2,1-3H3,(H,23,29)(H,25,28). The normalized spacial score (nSPS) is 10.7. The Labute approximate surface area is 169 Å². The number of imidazole rings is 1. The number of fused-ring (bicyclic) bond motifs is 1. The molecular formula is C22H24N4O3. The molecule has 2 amide bonds. The maximum atomic E-state index is 12.6. The van der Waals surface area contributed by atoms with Crippen molar-refractivity contribution in [2.45, 2.75) is 33.6 Å². The summed E-state index contributed by atoms with van der Waals surface area (Å²) in [5.41, 5.74) is 4.19. The van der Waals surface area contributed by atoms with Gasteiger partial charge in [0.15, 0.2) is 5.78 Å². The zero-order valence-corrected chi connectivity index (χ0v) is 16.8. The summed E-state index contributed by atoms with van der Waals surface area (Å²) < 4.78 is 1.79. The van der Waals surface area contributed by atoms with Crippen LogP contribution in [0.1, 0.15) is 51.9 Å². The van der Waals surface area contributed by atoms with E-state index in [-0.39, 0.29) is 24.0 Å². The van der Waals surface area contributed by atoms with Crippen LogP contribution in [0.5, 0.6) is 0 Å².